The molecule has 5 aromatic rings. The highest BCUT2D eigenvalue weighted by molar-refractivity contribution is 6.17. The summed E-state index contributed by atoms with van der Waals surface area (Å²) in [6, 6.07) is 28.6. The maximum absolute atomic E-state index is 10.1. The number of hydrogen-bond acceptors (Lipinski definition) is 2. The van der Waals surface area contributed by atoms with Crippen LogP contribution in [0.2, 0.25) is 0 Å². The van der Waals surface area contributed by atoms with Crippen molar-refractivity contribution in [2.75, 3.05) is 0 Å². The topological polar surface area (TPSA) is 40.5 Å². The largest absolute Gasteiger partial charge is 0.508 e. The molecule has 0 saturated heterocycles. The number of rotatable bonds is 2. The minimum absolute atomic E-state index is 0.303. The van der Waals surface area contributed by atoms with E-state index in [2.05, 4.69) is 54.6 Å². The number of phenols is 2. The van der Waals surface area contributed by atoms with Crippen molar-refractivity contribution in [2.24, 2.45) is 0 Å². The normalized spacial score (nSPS) is 11.3. The Kier molecular flexibility index (Phi) is 4.22. The van der Waals surface area contributed by atoms with Gasteiger partial charge in [-0.1, -0.05) is 54.6 Å². The van der Waals surface area contributed by atoms with Crippen molar-refractivity contribution in [2.45, 2.75) is 13.8 Å². The lowest BCUT2D eigenvalue weighted by Gasteiger charge is -2.17. The van der Waals surface area contributed by atoms with E-state index >= 15 is 0 Å². The van der Waals surface area contributed by atoms with Crippen LogP contribution in [0.5, 0.6) is 11.5 Å². The molecular formula is C28H22O2. The lowest BCUT2D eigenvalue weighted by molar-refractivity contribution is 0.471. The summed E-state index contributed by atoms with van der Waals surface area (Å²) in [4.78, 5) is 0. The molecule has 0 saturated carbocycles. The van der Waals surface area contributed by atoms with Gasteiger partial charge in [0.1, 0.15) is 11.5 Å². The number of aryl methyl sites for hydroxylation is 2. The van der Waals surface area contributed by atoms with Gasteiger partial charge in [0.15, 0.2) is 0 Å². The van der Waals surface area contributed by atoms with E-state index in [0.717, 1.165) is 38.8 Å². The second-order valence-corrected chi connectivity index (χ2v) is 7.88. The molecule has 146 valence electrons. The Morgan fingerprint density at radius 1 is 0.567 bits per heavy atom. The fourth-order valence-electron chi connectivity index (χ4n) is 4.30. The summed E-state index contributed by atoms with van der Waals surface area (Å²) >= 11 is 0. The SMILES string of the molecule is Cc1cc(-c2cccc3cc4ccccc4c(-c4ccc(O)c(C)c4)c23)ccc1O. The Hall–Kier alpha value is -3.78. The first-order valence-electron chi connectivity index (χ1n) is 10.1. The van der Waals surface area contributed by atoms with Crippen LogP contribution in [0, 0.1) is 13.8 Å². The summed E-state index contributed by atoms with van der Waals surface area (Å²) in [7, 11) is 0. The van der Waals surface area contributed by atoms with Gasteiger partial charge < -0.3 is 10.2 Å². The van der Waals surface area contributed by atoms with E-state index in [0.29, 0.717) is 11.5 Å². The van der Waals surface area contributed by atoms with Gasteiger partial charge in [0, 0.05) is 0 Å². The first-order chi connectivity index (χ1) is 14.5. The maximum atomic E-state index is 10.1. The molecule has 0 aliphatic carbocycles. The van der Waals surface area contributed by atoms with Crippen LogP contribution in [0.3, 0.4) is 0 Å². The molecule has 0 amide bonds. The predicted octanol–water partition coefficient (Wildman–Crippen LogP) is 7.36. The fourth-order valence-corrected chi connectivity index (χ4v) is 4.30. The Morgan fingerprint density at radius 2 is 1.20 bits per heavy atom. The van der Waals surface area contributed by atoms with Crippen molar-refractivity contribution in [3.8, 4) is 33.8 Å². The molecule has 0 atom stereocenters. The first kappa shape index (κ1) is 18.3. The van der Waals surface area contributed by atoms with Crippen LogP contribution in [-0.2, 0) is 0 Å². The summed E-state index contributed by atoms with van der Waals surface area (Å²) in [6.45, 7) is 3.85. The summed E-state index contributed by atoms with van der Waals surface area (Å²) < 4.78 is 0. The zero-order valence-corrected chi connectivity index (χ0v) is 17.0. The van der Waals surface area contributed by atoms with Crippen LogP contribution in [-0.4, -0.2) is 10.2 Å². The van der Waals surface area contributed by atoms with E-state index in [9.17, 15) is 10.2 Å². The molecule has 2 nitrogen and oxygen atoms in total. The number of fused-ring (bicyclic) bond motifs is 2. The van der Waals surface area contributed by atoms with Gasteiger partial charge in [0.05, 0.1) is 0 Å². The Labute approximate surface area is 175 Å². The predicted molar refractivity (Wildman–Crippen MR) is 125 cm³/mol. The standard InChI is InChI=1S/C28H22O2/c1-17-14-20(10-12-25(17)29)24-9-5-7-21-16-19-6-3-4-8-23(19)28(27(21)24)22-11-13-26(30)18(2)15-22/h3-16,29-30H,1-2H3. The molecule has 0 spiro atoms. The number of benzene rings is 5. The van der Waals surface area contributed by atoms with E-state index in [4.69, 9.17) is 0 Å². The zero-order valence-electron chi connectivity index (χ0n) is 17.0. The van der Waals surface area contributed by atoms with Crippen LogP contribution in [0.4, 0.5) is 0 Å². The molecule has 0 radical (unpaired) electrons. The third-order valence-electron chi connectivity index (χ3n) is 5.88. The van der Waals surface area contributed by atoms with Gasteiger partial charge in [0.2, 0.25) is 0 Å². The lowest BCUT2D eigenvalue weighted by atomic mass is 9.87. The van der Waals surface area contributed by atoms with Crippen LogP contribution < -0.4 is 0 Å². The van der Waals surface area contributed by atoms with E-state index in [-0.39, 0.29) is 0 Å². The van der Waals surface area contributed by atoms with Crippen molar-refractivity contribution in [3.63, 3.8) is 0 Å². The molecule has 30 heavy (non-hydrogen) atoms. The molecule has 5 aromatic carbocycles. The second-order valence-electron chi connectivity index (χ2n) is 7.88. The molecule has 0 unspecified atom stereocenters. The Morgan fingerprint density at radius 3 is 1.93 bits per heavy atom. The minimum Gasteiger partial charge on any atom is -0.508 e. The van der Waals surface area contributed by atoms with Crippen molar-refractivity contribution >= 4 is 21.5 Å². The van der Waals surface area contributed by atoms with Crippen molar-refractivity contribution in [3.05, 3.63) is 96.1 Å². The van der Waals surface area contributed by atoms with Gasteiger partial charge in [-0.25, -0.2) is 0 Å². The summed E-state index contributed by atoms with van der Waals surface area (Å²) in [6.07, 6.45) is 0. The van der Waals surface area contributed by atoms with Gasteiger partial charge in [-0.3, -0.25) is 0 Å². The van der Waals surface area contributed by atoms with Gasteiger partial charge >= 0.3 is 0 Å². The number of hydrogen-bond donors (Lipinski definition) is 2. The van der Waals surface area contributed by atoms with E-state index < -0.39 is 0 Å². The molecule has 0 fully saturated rings. The summed E-state index contributed by atoms with van der Waals surface area (Å²) in [5.74, 6) is 0.608. The molecule has 0 aliphatic rings. The first-order valence-corrected chi connectivity index (χ1v) is 10.1. The van der Waals surface area contributed by atoms with E-state index in [1.165, 1.54) is 16.2 Å². The average Bonchev–Trinajstić information content (AvgIpc) is 2.75. The summed E-state index contributed by atoms with van der Waals surface area (Å²) in [5.41, 5.74) is 6.14. The van der Waals surface area contributed by atoms with Gasteiger partial charge in [-0.15, -0.1) is 0 Å². The highest BCUT2D eigenvalue weighted by Crippen LogP contribution is 2.42. The molecule has 0 aliphatic heterocycles. The van der Waals surface area contributed by atoms with Crippen molar-refractivity contribution in [1.29, 1.82) is 0 Å². The Balaban J connectivity index is 1.95. The number of aromatic hydroxyl groups is 2. The number of phenolic OH excluding ortho intramolecular Hbond substituents is 2. The average molecular weight is 390 g/mol. The second kappa shape index (κ2) is 6.93. The molecule has 2 heteroatoms. The molecule has 5 rings (SSSR count). The van der Waals surface area contributed by atoms with Crippen LogP contribution >= 0.6 is 0 Å². The lowest BCUT2D eigenvalue weighted by Crippen LogP contribution is -1.90. The van der Waals surface area contributed by atoms with Crippen LogP contribution in [0.1, 0.15) is 11.1 Å². The monoisotopic (exact) mass is 390 g/mol. The van der Waals surface area contributed by atoms with Crippen LogP contribution in [0.25, 0.3) is 43.8 Å². The highest BCUT2D eigenvalue weighted by atomic mass is 16.3. The van der Waals surface area contributed by atoms with E-state index in [1.54, 1.807) is 12.1 Å². The molecule has 2 N–H and O–H groups in total. The smallest absolute Gasteiger partial charge is 0.118 e. The zero-order chi connectivity index (χ0) is 20.8. The molecule has 0 heterocycles. The molecule has 0 bridgehead atoms. The summed E-state index contributed by atoms with van der Waals surface area (Å²) in [5, 5.41) is 24.8. The minimum atomic E-state index is 0.303. The third-order valence-corrected chi connectivity index (χ3v) is 5.88. The van der Waals surface area contributed by atoms with Crippen LogP contribution in [0.15, 0.2) is 84.9 Å². The highest BCUT2D eigenvalue weighted by Gasteiger charge is 2.15. The third kappa shape index (κ3) is 2.89. The van der Waals surface area contributed by atoms with Gasteiger partial charge in [0.25, 0.3) is 0 Å². The Bertz CT molecular complexity index is 1430. The molecule has 0 aromatic heterocycles. The maximum Gasteiger partial charge on any atom is 0.118 e. The van der Waals surface area contributed by atoms with Gasteiger partial charge in [-0.2, -0.15) is 0 Å². The van der Waals surface area contributed by atoms with Gasteiger partial charge in [-0.05, 0) is 99.1 Å². The fraction of sp³-hybridized carbons (Fsp3) is 0.0714. The molecular weight excluding hydrogens is 368 g/mol. The van der Waals surface area contributed by atoms with E-state index in [1.807, 2.05) is 32.0 Å². The quantitative estimate of drug-likeness (QED) is 0.309. The van der Waals surface area contributed by atoms with Crippen molar-refractivity contribution in [1.82, 2.24) is 0 Å². The van der Waals surface area contributed by atoms with Crippen molar-refractivity contribution < 1.29 is 10.2 Å².